The van der Waals surface area contributed by atoms with Crippen molar-refractivity contribution in [3.8, 4) is 5.75 Å². The molecule has 1 aromatic carbocycles. The third kappa shape index (κ3) is 2.38. The first-order chi connectivity index (χ1) is 8.86. The number of piperidine rings is 3. The molecule has 1 aromatic rings. The van der Waals surface area contributed by atoms with Crippen molar-refractivity contribution in [2.45, 2.75) is 25.4 Å². The first-order valence-corrected chi connectivity index (χ1v) is 7.04. The Labute approximate surface area is 109 Å². The van der Waals surface area contributed by atoms with Crippen molar-refractivity contribution in [1.82, 2.24) is 4.90 Å². The fraction of sp³-hybridized carbons (Fsp3) is 0.600. The number of hydrogen-bond acceptors (Lipinski definition) is 3. The van der Waals surface area contributed by atoms with Crippen molar-refractivity contribution in [3.63, 3.8) is 0 Å². The summed E-state index contributed by atoms with van der Waals surface area (Å²) in [5, 5.41) is 0. The van der Waals surface area contributed by atoms with Crippen LogP contribution in [0.25, 0.3) is 0 Å². The molecule has 2 N–H and O–H groups in total. The summed E-state index contributed by atoms with van der Waals surface area (Å²) in [5.41, 5.74) is 6.91. The van der Waals surface area contributed by atoms with Gasteiger partial charge in [0.2, 0.25) is 0 Å². The lowest BCUT2D eigenvalue weighted by atomic mass is 9.86. The predicted octanol–water partition coefficient (Wildman–Crippen LogP) is 1.66. The quantitative estimate of drug-likeness (QED) is 0.878. The van der Waals surface area contributed by atoms with Crippen molar-refractivity contribution < 1.29 is 4.74 Å². The number of rotatable bonds is 4. The Balaban J connectivity index is 1.72. The van der Waals surface area contributed by atoms with Crippen molar-refractivity contribution >= 4 is 0 Å². The van der Waals surface area contributed by atoms with E-state index >= 15 is 0 Å². The maximum atomic E-state index is 6.28. The topological polar surface area (TPSA) is 38.5 Å². The lowest BCUT2D eigenvalue weighted by Crippen LogP contribution is -2.52. The van der Waals surface area contributed by atoms with E-state index in [4.69, 9.17) is 10.5 Å². The monoisotopic (exact) mass is 246 g/mol. The van der Waals surface area contributed by atoms with Gasteiger partial charge in [-0.05, 0) is 56.4 Å². The molecule has 0 aromatic heterocycles. The Morgan fingerprint density at radius 3 is 2.67 bits per heavy atom. The molecule has 0 radical (unpaired) electrons. The first-order valence-electron chi connectivity index (χ1n) is 7.04. The zero-order valence-corrected chi connectivity index (χ0v) is 10.8. The second-order valence-corrected chi connectivity index (χ2v) is 5.44. The third-order valence-corrected chi connectivity index (χ3v) is 4.26. The van der Waals surface area contributed by atoms with E-state index in [1.54, 1.807) is 0 Å². The second kappa shape index (κ2) is 5.29. The predicted molar refractivity (Wildman–Crippen MR) is 72.8 cm³/mol. The van der Waals surface area contributed by atoms with Gasteiger partial charge in [-0.3, -0.25) is 4.90 Å². The molecule has 4 rings (SSSR count). The summed E-state index contributed by atoms with van der Waals surface area (Å²) in [6, 6.07) is 8.33. The molecule has 3 aliphatic rings. The van der Waals surface area contributed by atoms with Crippen LogP contribution in [0, 0.1) is 5.92 Å². The van der Waals surface area contributed by atoms with Crippen LogP contribution in [0.4, 0.5) is 0 Å². The molecule has 18 heavy (non-hydrogen) atoms. The summed E-state index contributed by atoms with van der Waals surface area (Å²) in [6.45, 7) is 4.30. The number of para-hydroxylation sites is 1. The number of nitrogens with two attached hydrogens (primary N) is 1. The van der Waals surface area contributed by atoms with Crippen LogP contribution in [0.5, 0.6) is 5.75 Å². The van der Waals surface area contributed by atoms with Gasteiger partial charge < -0.3 is 10.5 Å². The Hall–Kier alpha value is -1.06. The summed E-state index contributed by atoms with van der Waals surface area (Å²) in [5.74, 6) is 1.79. The molecule has 1 unspecified atom stereocenters. The number of nitrogens with zero attached hydrogens (tertiary/aromatic N) is 1. The number of fused-ring (bicyclic) bond motifs is 3. The minimum atomic E-state index is 0.381. The molecular weight excluding hydrogens is 224 g/mol. The van der Waals surface area contributed by atoms with E-state index in [-0.39, 0.29) is 0 Å². The van der Waals surface area contributed by atoms with Crippen LogP contribution in [-0.2, 0) is 6.42 Å². The van der Waals surface area contributed by atoms with E-state index in [0.717, 1.165) is 24.6 Å². The van der Waals surface area contributed by atoms with Crippen LogP contribution in [-0.4, -0.2) is 37.2 Å². The standard InChI is InChI=1S/C15H22N2O/c16-8-5-12-3-1-2-4-14(12)18-15-11-17-9-6-13(15)7-10-17/h1-4,13,15H,5-11,16H2. The fourth-order valence-corrected chi connectivity index (χ4v) is 3.19. The smallest absolute Gasteiger partial charge is 0.123 e. The Morgan fingerprint density at radius 1 is 1.22 bits per heavy atom. The molecule has 0 aliphatic carbocycles. The van der Waals surface area contributed by atoms with Gasteiger partial charge in [-0.25, -0.2) is 0 Å². The van der Waals surface area contributed by atoms with Gasteiger partial charge in [0.25, 0.3) is 0 Å². The highest BCUT2D eigenvalue weighted by atomic mass is 16.5. The summed E-state index contributed by atoms with van der Waals surface area (Å²) in [7, 11) is 0. The summed E-state index contributed by atoms with van der Waals surface area (Å²) >= 11 is 0. The molecule has 3 heterocycles. The van der Waals surface area contributed by atoms with E-state index in [0.29, 0.717) is 12.6 Å². The molecule has 3 aliphatic heterocycles. The Bertz CT molecular complexity index is 399. The molecule has 2 bridgehead atoms. The molecule has 1 atom stereocenters. The van der Waals surface area contributed by atoms with Crippen molar-refractivity contribution in [3.05, 3.63) is 29.8 Å². The molecule has 3 heteroatoms. The fourth-order valence-electron chi connectivity index (χ4n) is 3.19. The second-order valence-electron chi connectivity index (χ2n) is 5.44. The minimum Gasteiger partial charge on any atom is -0.489 e. The third-order valence-electron chi connectivity index (χ3n) is 4.26. The van der Waals surface area contributed by atoms with E-state index < -0.39 is 0 Å². The van der Waals surface area contributed by atoms with E-state index in [2.05, 4.69) is 29.2 Å². The first kappa shape index (κ1) is 12.0. The molecule has 3 saturated heterocycles. The molecular formula is C15H22N2O. The Morgan fingerprint density at radius 2 is 2.00 bits per heavy atom. The van der Waals surface area contributed by atoms with Crippen LogP contribution in [0.15, 0.2) is 24.3 Å². The normalized spacial score (nSPS) is 30.4. The maximum Gasteiger partial charge on any atom is 0.123 e. The molecule has 0 saturated carbocycles. The number of benzene rings is 1. The van der Waals surface area contributed by atoms with Crippen LogP contribution in [0.3, 0.4) is 0 Å². The Kier molecular flexibility index (Phi) is 3.52. The van der Waals surface area contributed by atoms with Crippen molar-refractivity contribution in [2.24, 2.45) is 11.7 Å². The molecule has 98 valence electrons. The largest absolute Gasteiger partial charge is 0.489 e. The van der Waals surface area contributed by atoms with Crippen LogP contribution in [0.1, 0.15) is 18.4 Å². The summed E-state index contributed by atoms with van der Waals surface area (Å²) in [4.78, 5) is 2.52. The molecule has 0 spiro atoms. The summed E-state index contributed by atoms with van der Waals surface area (Å²) < 4.78 is 6.28. The lowest BCUT2D eigenvalue weighted by molar-refractivity contribution is -0.00818. The zero-order chi connectivity index (χ0) is 12.4. The zero-order valence-electron chi connectivity index (χ0n) is 10.8. The molecule has 3 nitrogen and oxygen atoms in total. The van der Waals surface area contributed by atoms with Crippen molar-refractivity contribution in [2.75, 3.05) is 26.2 Å². The maximum absolute atomic E-state index is 6.28. The van der Waals surface area contributed by atoms with Gasteiger partial charge in [-0.2, -0.15) is 0 Å². The van der Waals surface area contributed by atoms with Gasteiger partial charge in [-0.1, -0.05) is 18.2 Å². The van der Waals surface area contributed by atoms with Gasteiger partial charge >= 0.3 is 0 Å². The molecule has 0 amide bonds. The van der Waals surface area contributed by atoms with Crippen LogP contribution >= 0.6 is 0 Å². The highest BCUT2D eigenvalue weighted by Gasteiger charge is 2.35. The van der Waals surface area contributed by atoms with Gasteiger partial charge in [0, 0.05) is 6.54 Å². The van der Waals surface area contributed by atoms with E-state index in [1.807, 2.05) is 0 Å². The summed E-state index contributed by atoms with van der Waals surface area (Å²) in [6.07, 6.45) is 3.87. The highest BCUT2D eigenvalue weighted by Crippen LogP contribution is 2.31. The lowest BCUT2D eigenvalue weighted by Gasteiger charge is -2.44. The van der Waals surface area contributed by atoms with Crippen LogP contribution in [0.2, 0.25) is 0 Å². The van der Waals surface area contributed by atoms with Gasteiger partial charge in [0.1, 0.15) is 11.9 Å². The van der Waals surface area contributed by atoms with Gasteiger partial charge in [0.05, 0.1) is 0 Å². The SMILES string of the molecule is NCCc1ccccc1OC1CN2CCC1CC2. The number of hydrogen-bond donors (Lipinski definition) is 1. The van der Waals surface area contributed by atoms with E-state index in [1.165, 1.54) is 31.5 Å². The number of ether oxygens (including phenoxy) is 1. The average Bonchev–Trinajstić information content (AvgIpc) is 2.43. The average molecular weight is 246 g/mol. The molecule has 3 fully saturated rings. The van der Waals surface area contributed by atoms with Crippen LogP contribution < -0.4 is 10.5 Å². The van der Waals surface area contributed by atoms with Crippen molar-refractivity contribution in [1.29, 1.82) is 0 Å². The minimum absolute atomic E-state index is 0.381. The highest BCUT2D eigenvalue weighted by molar-refractivity contribution is 5.33. The van der Waals surface area contributed by atoms with E-state index in [9.17, 15) is 0 Å². The van der Waals surface area contributed by atoms with Gasteiger partial charge in [0.15, 0.2) is 0 Å². The van der Waals surface area contributed by atoms with Gasteiger partial charge in [-0.15, -0.1) is 0 Å².